The van der Waals surface area contributed by atoms with Crippen molar-refractivity contribution in [3.63, 3.8) is 0 Å². The van der Waals surface area contributed by atoms with Crippen LogP contribution >= 0.6 is 46.4 Å². The van der Waals surface area contributed by atoms with Gasteiger partial charge in [-0.25, -0.2) is 0 Å². The summed E-state index contributed by atoms with van der Waals surface area (Å²) in [5.41, 5.74) is 0. The van der Waals surface area contributed by atoms with Gasteiger partial charge in [0.1, 0.15) is 4.64 Å². The van der Waals surface area contributed by atoms with Gasteiger partial charge in [0, 0.05) is 21.2 Å². The Balaban J connectivity index is 2.99. The second-order valence-electron chi connectivity index (χ2n) is 2.57. The highest BCUT2D eigenvalue weighted by molar-refractivity contribution is 14.1. The summed E-state index contributed by atoms with van der Waals surface area (Å²) < 4.78 is 4.14. The van der Waals surface area contributed by atoms with Gasteiger partial charge in [0.05, 0.1) is 22.9 Å². The number of hydrogen-bond donors (Lipinski definition) is 0. The number of aryl methyl sites for hydroxylation is 1. The van der Waals surface area contributed by atoms with E-state index in [-0.39, 0.29) is 0 Å². The third-order valence-electron chi connectivity index (χ3n) is 1.67. The Labute approximate surface area is 93.5 Å². The zero-order chi connectivity index (χ0) is 8.72. The van der Waals surface area contributed by atoms with Gasteiger partial charge in [-0.05, 0) is 19.1 Å². The molecule has 0 aliphatic carbocycles. The summed E-state index contributed by atoms with van der Waals surface area (Å²) in [4.78, 5) is 1.32. The average molecular weight is 307 g/mol. The van der Waals surface area contributed by atoms with Gasteiger partial charge in [-0.2, -0.15) is 0 Å². The van der Waals surface area contributed by atoms with Crippen molar-refractivity contribution in [3.8, 4) is 0 Å². The van der Waals surface area contributed by atoms with Gasteiger partial charge in [-0.1, -0.05) is 12.2 Å². The van der Waals surface area contributed by atoms with E-state index in [1.54, 1.807) is 11.3 Å². The fourth-order valence-corrected chi connectivity index (χ4v) is 2.77. The topological polar surface area (TPSA) is 4.93 Å². The molecule has 12 heavy (non-hydrogen) atoms. The highest BCUT2D eigenvalue weighted by Gasteiger charge is 2.00. The monoisotopic (exact) mass is 307 g/mol. The minimum Gasteiger partial charge on any atom is -0.280 e. The average Bonchev–Trinajstić information content (AvgIpc) is 2.39. The first kappa shape index (κ1) is 8.65. The van der Waals surface area contributed by atoms with Crippen LogP contribution < -0.4 is 0 Å². The molecule has 4 heteroatoms. The van der Waals surface area contributed by atoms with Crippen LogP contribution in [0, 0.1) is 11.6 Å². The lowest BCUT2D eigenvalue weighted by Gasteiger charge is -1.94. The number of rotatable bonds is 0. The van der Waals surface area contributed by atoms with E-state index in [9.17, 15) is 0 Å². The van der Waals surface area contributed by atoms with Gasteiger partial charge in [-0.3, -0.25) is 2.78 Å². The number of fused-ring (bicyclic) bond motifs is 1. The normalized spacial score (nSPS) is 10.8. The maximum Gasteiger partial charge on any atom is 0.123 e. The molecule has 2 aromatic heterocycles. The summed E-state index contributed by atoms with van der Waals surface area (Å²) in [5.74, 6) is 0. The molecular formula is C8H6INS2. The lowest BCUT2D eigenvalue weighted by atomic mass is 10.3. The molecule has 0 aliphatic rings. The lowest BCUT2D eigenvalue weighted by molar-refractivity contribution is 1.29. The van der Waals surface area contributed by atoms with Crippen LogP contribution in [-0.4, -0.2) is 2.78 Å². The van der Waals surface area contributed by atoms with Crippen molar-refractivity contribution < 1.29 is 0 Å². The van der Waals surface area contributed by atoms with Gasteiger partial charge in [0.25, 0.3) is 0 Å². The van der Waals surface area contributed by atoms with Crippen molar-refractivity contribution in [1.29, 1.82) is 0 Å². The van der Waals surface area contributed by atoms with Crippen LogP contribution in [0.5, 0.6) is 0 Å². The molecule has 0 bridgehead atoms. The summed E-state index contributed by atoms with van der Waals surface area (Å²) >= 11 is 9.26. The van der Waals surface area contributed by atoms with E-state index in [0.29, 0.717) is 0 Å². The van der Waals surface area contributed by atoms with Gasteiger partial charge in [0.15, 0.2) is 0 Å². The predicted octanol–water partition coefficient (Wildman–Crippen LogP) is 3.94. The summed E-state index contributed by atoms with van der Waals surface area (Å²) in [6.07, 6.45) is 2.00. The van der Waals surface area contributed by atoms with Gasteiger partial charge in [0.2, 0.25) is 0 Å². The fourth-order valence-electron chi connectivity index (χ4n) is 1.14. The zero-order valence-corrected chi connectivity index (χ0v) is 10.2. The number of nitrogens with zero attached hydrogens (tertiary/aromatic N) is 1. The standard InChI is InChI=1S/C8H6INS2/c1-5-4-6-7(12-5)2-3-10(9)8(6)11/h2-4H,1H3. The van der Waals surface area contributed by atoms with Crippen LogP contribution in [-0.2, 0) is 0 Å². The molecule has 2 aromatic rings. The molecule has 0 radical (unpaired) electrons. The number of thiophene rings is 1. The Hall–Kier alpha value is 0.0600. The van der Waals surface area contributed by atoms with Gasteiger partial charge < -0.3 is 0 Å². The predicted molar refractivity (Wildman–Crippen MR) is 64.8 cm³/mol. The Kier molecular flexibility index (Phi) is 2.22. The molecule has 0 aromatic carbocycles. The van der Waals surface area contributed by atoms with E-state index in [1.807, 2.05) is 8.98 Å². The Morgan fingerprint density at radius 1 is 1.58 bits per heavy atom. The Bertz CT molecular complexity index is 483. The minimum absolute atomic E-state index is 0.914. The Morgan fingerprint density at radius 2 is 2.33 bits per heavy atom. The molecule has 0 saturated carbocycles. The molecule has 0 fully saturated rings. The van der Waals surface area contributed by atoms with Crippen molar-refractivity contribution in [3.05, 3.63) is 27.8 Å². The smallest absolute Gasteiger partial charge is 0.123 e. The SMILES string of the molecule is Cc1cc2c(=S)n(I)ccc2s1. The quantitative estimate of drug-likeness (QED) is 0.527. The van der Waals surface area contributed by atoms with Crippen LogP contribution in [0.2, 0.25) is 0 Å². The van der Waals surface area contributed by atoms with Crippen LogP contribution in [0.3, 0.4) is 0 Å². The van der Waals surface area contributed by atoms with Gasteiger partial charge >= 0.3 is 0 Å². The van der Waals surface area contributed by atoms with Crippen LogP contribution in [0.4, 0.5) is 0 Å². The maximum absolute atomic E-state index is 5.27. The first-order valence-electron chi connectivity index (χ1n) is 3.46. The van der Waals surface area contributed by atoms with Crippen molar-refractivity contribution in [2.75, 3.05) is 0 Å². The van der Waals surface area contributed by atoms with Crippen LogP contribution in [0.1, 0.15) is 4.88 Å². The summed E-state index contributed by atoms with van der Waals surface area (Å²) in [6, 6.07) is 4.26. The minimum atomic E-state index is 0.914. The second-order valence-corrected chi connectivity index (χ2v) is 5.28. The number of pyridine rings is 1. The number of aromatic nitrogens is 1. The van der Waals surface area contributed by atoms with Crippen molar-refractivity contribution in [2.24, 2.45) is 0 Å². The van der Waals surface area contributed by atoms with Crippen LogP contribution in [0.25, 0.3) is 10.1 Å². The van der Waals surface area contributed by atoms with E-state index in [0.717, 1.165) is 4.64 Å². The number of halogens is 1. The van der Waals surface area contributed by atoms with E-state index < -0.39 is 0 Å². The molecule has 0 spiro atoms. The summed E-state index contributed by atoms with van der Waals surface area (Å²) in [7, 11) is 0. The van der Waals surface area contributed by atoms with Crippen molar-refractivity contribution in [2.45, 2.75) is 6.92 Å². The first-order valence-corrected chi connectivity index (χ1v) is 5.65. The lowest BCUT2D eigenvalue weighted by Crippen LogP contribution is -1.80. The van der Waals surface area contributed by atoms with Crippen molar-refractivity contribution >= 4 is 56.5 Å². The van der Waals surface area contributed by atoms with E-state index in [4.69, 9.17) is 12.2 Å². The Morgan fingerprint density at radius 3 is 3.08 bits per heavy atom. The van der Waals surface area contributed by atoms with Gasteiger partial charge in [-0.15, -0.1) is 11.3 Å². The summed E-state index contributed by atoms with van der Waals surface area (Å²) in [5, 5.41) is 1.20. The second kappa shape index (κ2) is 3.08. The van der Waals surface area contributed by atoms with E-state index in [1.165, 1.54) is 15.0 Å². The highest BCUT2D eigenvalue weighted by atomic mass is 127. The maximum atomic E-state index is 5.27. The molecule has 0 amide bonds. The third-order valence-corrected chi connectivity index (χ3v) is 4.23. The van der Waals surface area contributed by atoms with Crippen LogP contribution in [0.15, 0.2) is 18.3 Å². The molecule has 0 N–H and O–H groups in total. The van der Waals surface area contributed by atoms with Crippen molar-refractivity contribution in [1.82, 2.24) is 2.78 Å². The molecule has 0 unspecified atom stereocenters. The number of hydrogen-bond acceptors (Lipinski definition) is 2. The highest BCUT2D eigenvalue weighted by Crippen LogP contribution is 2.26. The fraction of sp³-hybridized carbons (Fsp3) is 0.125. The largest absolute Gasteiger partial charge is 0.280 e. The molecular weight excluding hydrogens is 301 g/mol. The molecule has 2 heterocycles. The molecule has 62 valence electrons. The first-order chi connectivity index (χ1) is 5.68. The van der Waals surface area contributed by atoms with E-state index >= 15 is 0 Å². The van der Waals surface area contributed by atoms with E-state index in [2.05, 4.69) is 41.9 Å². The molecule has 1 nitrogen and oxygen atoms in total. The molecule has 0 saturated heterocycles. The third kappa shape index (κ3) is 1.31. The molecule has 0 aliphatic heterocycles. The summed E-state index contributed by atoms with van der Waals surface area (Å²) in [6.45, 7) is 2.11. The zero-order valence-electron chi connectivity index (χ0n) is 6.37. The molecule has 2 rings (SSSR count). The molecule has 0 atom stereocenters.